The van der Waals surface area contributed by atoms with Crippen molar-refractivity contribution in [2.75, 3.05) is 0 Å². The second kappa shape index (κ2) is 4.72. The number of hydrogen-bond acceptors (Lipinski definition) is 1. The van der Waals surface area contributed by atoms with Crippen LogP contribution in [0.1, 0.15) is 15.9 Å². The molecule has 0 aliphatic heterocycles. The lowest BCUT2D eigenvalue weighted by Gasteiger charge is -1.96. The second-order valence-corrected chi connectivity index (χ2v) is 5.44. The molecule has 0 atom stereocenters. The van der Waals surface area contributed by atoms with Gasteiger partial charge in [-0.05, 0) is 38.8 Å². The molecule has 0 aliphatic carbocycles. The van der Waals surface area contributed by atoms with Crippen LogP contribution in [0.25, 0.3) is 0 Å². The van der Waals surface area contributed by atoms with Gasteiger partial charge in [0.05, 0.1) is 3.39 Å². The number of aryl methyl sites for hydroxylation is 1. The van der Waals surface area contributed by atoms with Gasteiger partial charge in [0.2, 0.25) is 0 Å². The monoisotopic (exact) mass is 302 g/mol. The molecule has 0 unspecified atom stereocenters. The average molecular weight is 304 g/mol. The molecular formula is C10H8Br2O. The Hall–Kier alpha value is -0.410. The first kappa shape index (κ1) is 10.7. The molecule has 0 aliphatic rings. The fraction of sp³-hybridized carbons (Fsp3) is 0.100. The number of halogens is 2. The Balaban J connectivity index is 2.90. The predicted molar refractivity (Wildman–Crippen MR) is 61.4 cm³/mol. The highest BCUT2D eigenvalue weighted by atomic mass is 79.9. The smallest absolute Gasteiger partial charge is 0.187 e. The van der Waals surface area contributed by atoms with Crippen molar-refractivity contribution < 1.29 is 4.79 Å². The number of ketones is 1. The summed E-state index contributed by atoms with van der Waals surface area (Å²) in [6, 6.07) is 7.47. The van der Waals surface area contributed by atoms with Crippen LogP contribution in [0.2, 0.25) is 0 Å². The lowest BCUT2D eigenvalue weighted by atomic mass is 10.1. The van der Waals surface area contributed by atoms with E-state index < -0.39 is 0 Å². The summed E-state index contributed by atoms with van der Waals surface area (Å²) < 4.78 is 0.658. The molecule has 1 aromatic rings. The molecule has 0 heterocycles. The predicted octanol–water partition coefficient (Wildman–Crippen LogP) is 3.81. The van der Waals surface area contributed by atoms with Crippen molar-refractivity contribution in [1.82, 2.24) is 0 Å². The van der Waals surface area contributed by atoms with Crippen LogP contribution in [0.15, 0.2) is 33.7 Å². The first-order valence-corrected chi connectivity index (χ1v) is 5.32. The van der Waals surface area contributed by atoms with Crippen molar-refractivity contribution in [3.63, 3.8) is 0 Å². The molecule has 68 valence electrons. The Kier molecular flexibility index (Phi) is 3.88. The summed E-state index contributed by atoms with van der Waals surface area (Å²) in [5.41, 5.74) is 1.85. The minimum absolute atomic E-state index is 0.0104. The summed E-state index contributed by atoms with van der Waals surface area (Å²) in [6.45, 7) is 1.99. The van der Waals surface area contributed by atoms with E-state index in [9.17, 15) is 4.79 Å². The molecule has 1 nitrogen and oxygen atoms in total. The second-order valence-electron chi connectivity index (χ2n) is 2.66. The van der Waals surface area contributed by atoms with E-state index in [2.05, 4.69) is 31.9 Å². The van der Waals surface area contributed by atoms with Crippen LogP contribution in [0, 0.1) is 6.92 Å². The summed E-state index contributed by atoms with van der Waals surface area (Å²) in [5.74, 6) is -0.0104. The summed E-state index contributed by atoms with van der Waals surface area (Å²) in [5, 5.41) is 0. The number of allylic oxidation sites excluding steroid dienone is 1. The van der Waals surface area contributed by atoms with Crippen molar-refractivity contribution in [2.45, 2.75) is 6.92 Å². The third-order valence-electron chi connectivity index (χ3n) is 1.58. The van der Waals surface area contributed by atoms with Gasteiger partial charge in [-0.3, -0.25) is 4.79 Å². The molecular weight excluding hydrogens is 296 g/mol. The Morgan fingerprint density at radius 2 is 1.77 bits per heavy atom. The molecule has 0 spiro atoms. The quantitative estimate of drug-likeness (QED) is 0.600. The lowest BCUT2D eigenvalue weighted by molar-refractivity contribution is 0.104. The van der Waals surface area contributed by atoms with E-state index in [0.717, 1.165) is 5.56 Å². The van der Waals surface area contributed by atoms with Crippen LogP contribution < -0.4 is 0 Å². The number of carbonyl (C=O) groups is 1. The summed E-state index contributed by atoms with van der Waals surface area (Å²) in [7, 11) is 0. The van der Waals surface area contributed by atoms with Gasteiger partial charge < -0.3 is 0 Å². The van der Waals surface area contributed by atoms with Gasteiger partial charge in [-0.25, -0.2) is 0 Å². The van der Waals surface area contributed by atoms with Gasteiger partial charge in [0.15, 0.2) is 5.78 Å². The van der Waals surface area contributed by atoms with Crippen LogP contribution in [-0.2, 0) is 0 Å². The van der Waals surface area contributed by atoms with Crippen molar-refractivity contribution in [2.24, 2.45) is 0 Å². The minimum Gasteiger partial charge on any atom is -0.289 e. The zero-order valence-electron chi connectivity index (χ0n) is 7.05. The van der Waals surface area contributed by atoms with Gasteiger partial charge in [-0.15, -0.1) is 0 Å². The van der Waals surface area contributed by atoms with Gasteiger partial charge >= 0.3 is 0 Å². The molecule has 0 N–H and O–H groups in total. The van der Waals surface area contributed by atoms with E-state index in [4.69, 9.17) is 0 Å². The molecule has 0 bridgehead atoms. The molecule has 0 radical (unpaired) electrons. The van der Waals surface area contributed by atoms with Crippen molar-refractivity contribution >= 4 is 37.6 Å². The highest BCUT2D eigenvalue weighted by molar-refractivity contribution is 9.28. The first-order chi connectivity index (χ1) is 6.09. The maximum atomic E-state index is 11.4. The Bertz CT molecular complexity index is 334. The Labute approximate surface area is 94.1 Å². The topological polar surface area (TPSA) is 17.1 Å². The van der Waals surface area contributed by atoms with Crippen LogP contribution in [0.5, 0.6) is 0 Å². The molecule has 0 amide bonds. The van der Waals surface area contributed by atoms with E-state index in [1.165, 1.54) is 6.08 Å². The van der Waals surface area contributed by atoms with E-state index in [1.807, 2.05) is 31.2 Å². The molecule has 3 heteroatoms. The zero-order chi connectivity index (χ0) is 9.84. The van der Waals surface area contributed by atoms with Crippen molar-refractivity contribution in [3.8, 4) is 0 Å². The Morgan fingerprint density at radius 1 is 1.23 bits per heavy atom. The van der Waals surface area contributed by atoms with Gasteiger partial charge in [0, 0.05) is 11.6 Å². The largest absolute Gasteiger partial charge is 0.289 e. The maximum Gasteiger partial charge on any atom is 0.187 e. The van der Waals surface area contributed by atoms with E-state index in [1.54, 1.807) is 0 Å². The van der Waals surface area contributed by atoms with Crippen LogP contribution >= 0.6 is 31.9 Å². The summed E-state index contributed by atoms with van der Waals surface area (Å²) in [6.07, 6.45) is 1.49. The number of benzene rings is 1. The summed E-state index contributed by atoms with van der Waals surface area (Å²) in [4.78, 5) is 11.4. The molecule has 0 saturated heterocycles. The first-order valence-electron chi connectivity index (χ1n) is 3.73. The highest BCUT2D eigenvalue weighted by Gasteiger charge is 2.01. The van der Waals surface area contributed by atoms with Gasteiger partial charge in [0.25, 0.3) is 0 Å². The van der Waals surface area contributed by atoms with Crippen LogP contribution in [0.4, 0.5) is 0 Å². The van der Waals surface area contributed by atoms with Crippen molar-refractivity contribution in [1.29, 1.82) is 0 Å². The fourth-order valence-corrected chi connectivity index (χ4v) is 1.32. The van der Waals surface area contributed by atoms with Crippen LogP contribution in [-0.4, -0.2) is 5.78 Å². The van der Waals surface area contributed by atoms with Crippen LogP contribution in [0.3, 0.4) is 0 Å². The SMILES string of the molecule is Cc1ccc(C(=O)C=C(Br)Br)cc1. The standard InChI is InChI=1S/C10H8Br2O/c1-7-2-4-8(5-3-7)9(13)6-10(11)12/h2-6H,1H3. The van der Waals surface area contributed by atoms with Crippen molar-refractivity contribution in [3.05, 3.63) is 44.9 Å². The molecule has 1 aromatic carbocycles. The van der Waals surface area contributed by atoms with Gasteiger partial charge in [-0.2, -0.15) is 0 Å². The number of carbonyl (C=O) groups excluding carboxylic acids is 1. The summed E-state index contributed by atoms with van der Waals surface area (Å²) >= 11 is 6.29. The highest BCUT2D eigenvalue weighted by Crippen LogP contribution is 2.14. The number of rotatable bonds is 2. The van der Waals surface area contributed by atoms with Gasteiger partial charge in [-0.1, -0.05) is 29.8 Å². The fourth-order valence-electron chi connectivity index (χ4n) is 0.900. The van der Waals surface area contributed by atoms with E-state index in [0.29, 0.717) is 8.96 Å². The molecule has 0 aromatic heterocycles. The Morgan fingerprint density at radius 3 is 2.23 bits per heavy atom. The zero-order valence-corrected chi connectivity index (χ0v) is 10.2. The average Bonchev–Trinajstić information content (AvgIpc) is 2.04. The third-order valence-corrected chi connectivity index (χ3v) is 2.03. The third kappa shape index (κ3) is 3.44. The molecule has 0 fully saturated rings. The van der Waals surface area contributed by atoms with E-state index in [-0.39, 0.29) is 5.78 Å². The lowest BCUT2D eigenvalue weighted by Crippen LogP contribution is -1.93. The van der Waals surface area contributed by atoms with Gasteiger partial charge in [0.1, 0.15) is 0 Å². The normalized spacial score (nSPS) is 9.46. The molecule has 0 saturated carbocycles. The molecule has 13 heavy (non-hydrogen) atoms. The maximum absolute atomic E-state index is 11.4. The molecule has 1 rings (SSSR count). The van der Waals surface area contributed by atoms with E-state index >= 15 is 0 Å². The number of hydrogen-bond donors (Lipinski definition) is 0. The minimum atomic E-state index is -0.0104.